The molecule has 5 nitrogen and oxygen atoms in total. The number of ether oxygens (including phenoxy) is 1. The summed E-state index contributed by atoms with van der Waals surface area (Å²) >= 11 is 0. The number of esters is 1. The van der Waals surface area contributed by atoms with Crippen LogP contribution in [0.5, 0.6) is 0 Å². The van der Waals surface area contributed by atoms with Gasteiger partial charge in [-0.15, -0.1) is 0 Å². The van der Waals surface area contributed by atoms with E-state index in [1.807, 2.05) is 33.8 Å². The highest BCUT2D eigenvalue weighted by atomic mass is 16.5. The summed E-state index contributed by atoms with van der Waals surface area (Å²) in [5, 5.41) is 0. The van der Waals surface area contributed by atoms with E-state index < -0.39 is 0 Å². The summed E-state index contributed by atoms with van der Waals surface area (Å²) in [6, 6.07) is 12.4. The Balaban J connectivity index is 1.80. The van der Waals surface area contributed by atoms with Gasteiger partial charge in [0, 0.05) is 24.3 Å². The molecule has 3 unspecified atom stereocenters. The summed E-state index contributed by atoms with van der Waals surface area (Å²) < 4.78 is 5.30. The van der Waals surface area contributed by atoms with Crippen LogP contribution in [-0.4, -0.2) is 29.9 Å². The lowest BCUT2D eigenvalue weighted by Gasteiger charge is -2.32. The number of rotatable bonds is 15. The molecule has 0 saturated heterocycles. The number of hydrogen-bond donors (Lipinski definition) is 0. The van der Waals surface area contributed by atoms with Gasteiger partial charge < -0.3 is 4.74 Å². The van der Waals surface area contributed by atoms with E-state index in [0.717, 1.165) is 65.5 Å². The van der Waals surface area contributed by atoms with Gasteiger partial charge >= 0.3 is 5.97 Å². The van der Waals surface area contributed by atoms with Crippen LogP contribution >= 0.6 is 0 Å². The highest BCUT2D eigenvalue weighted by Gasteiger charge is 2.34. The second-order valence-electron chi connectivity index (χ2n) is 12.4. The maximum atomic E-state index is 13.5. The van der Waals surface area contributed by atoms with Gasteiger partial charge in [-0.25, -0.2) is 0 Å². The van der Waals surface area contributed by atoms with Crippen molar-refractivity contribution in [3.63, 3.8) is 0 Å². The van der Waals surface area contributed by atoms with E-state index in [-0.39, 0.29) is 47.5 Å². The average Bonchev–Trinajstić information content (AvgIpc) is 2.91. The van der Waals surface area contributed by atoms with Gasteiger partial charge in [0.15, 0.2) is 5.78 Å². The molecule has 41 heavy (non-hydrogen) atoms. The zero-order chi connectivity index (χ0) is 30.1. The summed E-state index contributed by atoms with van der Waals surface area (Å²) in [4.78, 5) is 50.2. The van der Waals surface area contributed by atoms with E-state index in [4.69, 9.17) is 4.74 Å². The van der Waals surface area contributed by atoms with Crippen LogP contribution in [0.15, 0.2) is 36.4 Å². The Hall–Kier alpha value is -3.08. The molecule has 1 aliphatic rings. The molecule has 0 heterocycles. The van der Waals surface area contributed by atoms with E-state index >= 15 is 0 Å². The Labute approximate surface area is 246 Å². The normalized spacial score (nSPS) is 16.3. The molecule has 3 atom stereocenters. The van der Waals surface area contributed by atoms with E-state index in [1.165, 1.54) is 6.92 Å². The third-order valence-electron chi connectivity index (χ3n) is 8.37. The number of carbonyl (C=O) groups excluding carboxylic acids is 4. The minimum atomic E-state index is -0.172. The van der Waals surface area contributed by atoms with Gasteiger partial charge in [0.05, 0.1) is 13.0 Å². The second-order valence-corrected chi connectivity index (χ2v) is 12.4. The van der Waals surface area contributed by atoms with Crippen LogP contribution < -0.4 is 0 Å². The minimum Gasteiger partial charge on any atom is -0.465 e. The molecule has 0 bridgehead atoms. The summed E-state index contributed by atoms with van der Waals surface area (Å²) in [5.41, 5.74) is 6.19. The van der Waals surface area contributed by atoms with Gasteiger partial charge in [-0.3, -0.25) is 19.2 Å². The molecule has 0 fully saturated rings. The van der Waals surface area contributed by atoms with Gasteiger partial charge in [0.2, 0.25) is 0 Å². The Kier molecular flexibility index (Phi) is 12.1. The molecule has 0 N–H and O–H groups in total. The molecule has 1 aliphatic carbocycles. The van der Waals surface area contributed by atoms with Crippen LogP contribution in [0.4, 0.5) is 0 Å². The Morgan fingerprint density at radius 1 is 1.00 bits per heavy atom. The van der Waals surface area contributed by atoms with Crippen molar-refractivity contribution in [3.05, 3.63) is 58.7 Å². The fraction of sp³-hybridized carbons (Fsp3) is 0.556. The lowest BCUT2D eigenvalue weighted by Crippen LogP contribution is -2.30. The van der Waals surface area contributed by atoms with Gasteiger partial charge in [-0.1, -0.05) is 76.9 Å². The number of hydrogen-bond acceptors (Lipinski definition) is 5. The van der Waals surface area contributed by atoms with Gasteiger partial charge in [-0.05, 0) is 85.1 Å². The molecule has 222 valence electrons. The fourth-order valence-corrected chi connectivity index (χ4v) is 6.44. The quantitative estimate of drug-likeness (QED) is 0.163. The fourth-order valence-electron chi connectivity index (χ4n) is 6.44. The molecule has 2 aromatic carbocycles. The first kappa shape index (κ1) is 32.4. The second kappa shape index (κ2) is 15.2. The van der Waals surface area contributed by atoms with E-state index in [2.05, 4.69) is 37.3 Å². The molecule has 5 heteroatoms. The third kappa shape index (κ3) is 8.95. The highest BCUT2D eigenvalue weighted by Crippen LogP contribution is 2.40. The van der Waals surface area contributed by atoms with Crippen molar-refractivity contribution in [2.75, 3.05) is 6.61 Å². The van der Waals surface area contributed by atoms with Crippen molar-refractivity contribution in [2.24, 2.45) is 23.7 Å². The summed E-state index contributed by atoms with van der Waals surface area (Å²) in [6.07, 6.45) is 5.73. The first-order valence-corrected chi connectivity index (χ1v) is 15.5. The van der Waals surface area contributed by atoms with Crippen molar-refractivity contribution in [1.29, 1.82) is 0 Å². The average molecular weight is 561 g/mol. The molecule has 0 amide bonds. The maximum Gasteiger partial charge on any atom is 0.306 e. The van der Waals surface area contributed by atoms with Gasteiger partial charge in [0.1, 0.15) is 11.6 Å². The molecule has 0 aromatic heterocycles. The number of ketones is 3. The Morgan fingerprint density at radius 2 is 1.71 bits per heavy atom. The monoisotopic (exact) mass is 560 g/mol. The van der Waals surface area contributed by atoms with Crippen molar-refractivity contribution in [3.8, 4) is 11.1 Å². The molecule has 0 spiro atoms. The standard InChI is InChI=1S/C36H48O5/c1-7-9-29(30(8-2)33(38)18-25(6)37)19-27-20-32-31(16-10-24(5)36(32)34(39)21-27)28-14-11-26(12-15-28)13-17-35(40)41-22-23(3)4/h10-12,14-16,23,27,29-30H,7-9,13,17-22H2,1-6H3. The van der Waals surface area contributed by atoms with Crippen molar-refractivity contribution < 1.29 is 23.9 Å². The molecule has 0 radical (unpaired) electrons. The zero-order valence-corrected chi connectivity index (χ0v) is 25.9. The first-order chi connectivity index (χ1) is 19.5. The van der Waals surface area contributed by atoms with Crippen LogP contribution in [-0.2, 0) is 32.0 Å². The topological polar surface area (TPSA) is 77.5 Å². The van der Waals surface area contributed by atoms with E-state index in [1.54, 1.807) is 0 Å². The summed E-state index contributed by atoms with van der Waals surface area (Å²) in [6.45, 7) is 12.2. The molecule has 3 rings (SSSR count). The summed E-state index contributed by atoms with van der Waals surface area (Å²) in [5.74, 6) is 0.513. The maximum absolute atomic E-state index is 13.5. The van der Waals surface area contributed by atoms with Crippen molar-refractivity contribution >= 4 is 23.3 Å². The first-order valence-electron chi connectivity index (χ1n) is 15.5. The Morgan fingerprint density at radius 3 is 2.32 bits per heavy atom. The van der Waals surface area contributed by atoms with E-state index in [9.17, 15) is 19.2 Å². The number of benzene rings is 2. The number of fused-ring (bicyclic) bond motifs is 1. The Bertz CT molecular complexity index is 1220. The van der Waals surface area contributed by atoms with Crippen molar-refractivity contribution in [2.45, 2.75) is 99.3 Å². The van der Waals surface area contributed by atoms with Gasteiger partial charge in [-0.2, -0.15) is 0 Å². The molecule has 0 saturated carbocycles. The number of carbonyl (C=O) groups is 4. The van der Waals surface area contributed by atoms with Crippen LogP contribution in [0.2, 0.25) is 0 Å². The predicted molar refractivity (Wildman–Crippen MR) is 164 cm³/mol. The highest BCUT2D eigenvalue weighted by molar-refractivity contribution is 6.02. The largest absolute Gasteiger partial charge is 0.465 e. The molecule has 0 aliphatic heterocycles. The van der Waals surface area contributed by atoms with E-state index in [0.29, 0.717) is 31.8 Å². The van der Waals surface area contributed by atoms with Crippen LogP contribution in [0.25, 0.3) is 11.1 Å². The third-order valence-corrected chi connectivity index (χ3v) is 8.37. The smallest absolute Gasteiger partial charge is 0.306 e. The van der Waals surface area contributed by atoms with Crippen molar-refractivity contribution in [1.82, 2.24) is 0 Å². The zero-order valence-electron chi connectivity index (χ0n) is 25.9. The lowest BCUT2D eigenvalue weighted by atomic mass is 9.71. The van der Waals surface area contributed by atoms with Crippen LogP contribution in [0.3, 0.4) is 0 Å². The predicted octanol–water partition coefficient (Wildman–Crippen LogP) is 7.92. The SMILES string of the molecule is CCCC(CC1CC(=O)c2c(C)ccc(-c3ccc(CCC(=O)OCC(C)C)cc3)c2C1)C(CC)C(=O)CC(C)=O. The van der Waals surface area contributed by atoms with Gasteiger partial charge in [0.25, 0.3) is 0 Å². The minimum absolute atomic E-state index is 0.00359. The van der Waals surface area contributed by atoms with Crippen LogP contribution in [0, 0.1) is 30.6 Å². The molecule has 2 aromatic rings. The summed E-state index contributed by atoms with van der Waals surface area (Å²) in [7, 11) is 0. The lowest BCUT2D eigenvalue weighted by molar-refractivity contribution is -0.144. The molecular formula is C36H48O5. The molecular weight excluding hydrogens is 512 g/mol. The number of aryl methyl sites for hydroxylation is 2. The number of Topliss-reactive ketones (excluding diaryl/α,β-unsaturated/α-hetero) is 3. The van der Waals surface area contributed by atoms with Crippen LogP contribution in [0.1, 0.15) is 107 Å².